The SMILES string of the molecule is CCCCc1ccc(Nc2ccc(N)cc2)cc1. The van der Waals surface area contributed by atoms with Crippen LogP contribution in [0.3, 0.4) is 0 Å². The Bertz CT molecular complexity index is 471. The van der Waals surface area contributed by atoms with Crippen molar-refractivity contribution in [3.63, 3.8) is 0 Å². The van der Waals surface area contributed by atoms with Crippen LogP contribution in [-0.4, -0.2) is 0 Å². The van der Waals surface area contributed by atoms with Crippen LogP contribution in [0.1, 0.15) is 25.3 Å². The largest absolute Gasteiger partial charge is 0.399 e. The van der Waals surface area contributed by atoms with Crippen molar-refractivity contribution in [2.75, 3.05) is 11.1 Å². The molecule has 0 saturated heterocycles. The number of benzene rings is 2. The average Bonchev–Trinajstić information content (AvgIpc) is 2.41. The zero-order chi connectivity index (χ0) is 12.8. The van der Waals surface area contributed by atoms with Gasteiger partial charge >= 0.3 is 0 Å². The third kappa shape index (κ3) is 3.52. The Labute approximate surface area is 109 Å². The second-order valence-electron chi connectivity index (χ2n) is 4.55. The molecule has 2 heteroatoms. The highest BCUT2D eigenvalue weighted by atomic mass is 14.9. The quantitative estimate of drug-likeness (QED) is 0.762. The first-order valence-corrected chi connectivity index (χ1v) is 6.49. The highest BCUT2D eigenvalue weighted by Crippen LogP contribution is 2.18. The molecule has 0 amide bonds. The van der Waals surface area contributed by atoms with Crippen molar-refractivity contribution >= 4 is 17.1 Å². The lowest BCUT2D eigenvalue weighted by molar-refractivity contribution is 0.795. The lowest BCUT2D eigenvalue weighted by Crippen LogP contribution is -1.92. The second kappa shape index (κ2) is 6.10. The Kier molecular flexibility index (Phi) is 4.24. The van der Waals surface area contributed by atoms with Crippen LogP contribution in [0.25, 0.3) is 0 Å². The fourth-order valence-corrected chi connectivity index (χ4v) is 1.87. The van der Waals surface area contributed by atoms with E-state index in [1.54, 1.807) is 0 Å². The molecule has 18 heavy (non-hydrogen) atoms. The molecule has 0 spiro atoms. The van der Waals surface area contributed by atoms with Crippen LogP contribution >= 0.6 is 0 Å². The number of rotatable bonds is 5. The highest BCUT2D eigenvalue weighted by Gasteiger charge is 1.96. The summed E-state index contributed by atoms with van der Waals surface area (Å²) in [6.45, 7) is 2.22. The van der Waals surface area contributed by atoms with Crippen LogP contribution in [0.5, 0.6) is 0 Å². The molecule has 0 aliphatic carbocycles. The monoisotopic (exact) mass is 240 g/mol. The Morgan fingerprint density at radius 1 is 0.889 bits per heavy atom. The fourth-order valence-electron chi connectivity index (χ4n) is 1.87. The summed E-state index contributed by atoms with van der Waals surface area (Å²) in [5.41, 5.74) is 10.0. The highest BCUT2D eigenvalue weighted by molar-refractivity contribution is 5.61. The number of nitrogens with one attached hydrogen (secondary N) is 1. The molecule has 0 radical (unpaired) electrons. The van der Waals surface area contributed by atoms with E-state index in [0.29, 0.717) is 0 Å². The molecule has 2 rings (SSSR count). The van der Waals surface area contributed by atoms with Gasteiger partial charge in [0.25, 0.3) is 0 Å². The van der Waals surface area contributed by atoms with Gasteiger partial charge in [-0.1, -0.05) is 25.5 Å². The number of unbranched alkanes of at least 4 members (excludes halogenated alkanes) is 1. The van der Waals surface area contributed by atoms with E-state index < -0.39 is 0 Å². The number of nitrogens with two attached hydrogens (primary N) is 1. The normalized spacial score (nSPS) is 10.3. The van der Waals surface area contributed by atoms with Crippen molar-refractivity contribution in [1.29, 1.82) is 0 Å². The molecule has 0 saturated carbocycles. The van der Waals surface area contributed by atoms with Crippen LogP contribution < -0.4 is 11.1 Å². The summed E-state index contributed by atoms with van der Waals surface area (Å²) in [5, 5.41) is 3.36. The molecule has 2 aromatic rings. The third-order valence-electron chi connectivity index (χ3n) is 2.97. The van der Waals surface area contributed by atoms with Gasteiger partial charge in [-0.05, 0) is 54.8 Å². The molecule has 0 aromatic heterocycles. The topological polar surface area (TPSA) is 38.0 Å². The van der Waals surface area contributed by atoms with Crippen molar-refractivity contribution in [2.24, 2.45) is 0 Å². The summed E-state index contributed by atoms with van der Waals surface area (Å²) in [6, 6.07) is 16.4. The zero-order valence-electron chi connectivity index (χ0n) is 10.8. The molecule has 0 bridgehead atoms. The minimum Gasteiger partial charge on any atom is -0.399 e. The van der Waals surface area contributed by atoms with Crippen LogP contribution in [0.2, 0.25) is 0 Å². The predicted molar refractivity (Wildman–Crippen MR) is 79.2 cm³/mol. The van der Waals surface area contributed by atoms with E-state index in [9.17, 15) is 0 Å². The van der Waals surface area contributed by atoms with Crippen LogP contribution in [0, 0.1) is 0 Å². The summed E-state index contributed by atoms with van der Waals surface area (Å²) < 4.78 is 0. The Morgan fingerprint density at radius 2 is 1.44 bits per heavy atom. The van der Waals surface area contributed by atoms with E-state index in [4.69, 9.17) is 5.73 Å². The van der Waals surface area contributed by atoms with Gasteiger partial charge in [0, 0.05) is 17.1 Å². The lowest BCUT2D eigenvalue weighted by atomic mass is 10.1. The number of aryl methyl sites for hydroxylation is 1. The third-order valence-corrected chi connectivity index (χ3v) is 2.97. The van der Waals surface area contributed by atoms with Gasteiger partial charge in [-0.15, -0.1) is 0 Å². The standard InChI is InChI=1S/C16H20N2/c1-2-3-4-13-5-9-15(10-6-13)18-16-11-7-14(17)8-12-16/h5-12,18H,2-4,17H2,1H3. The van der Waals surface area contributed by atoms with E-state index >= 15 is 0 Å². The number of nitrogen functional groups attached to an aromatic ring is 1. The molecule has 0 heterocycles. The average molecular weight is 240 g/mol. The predicted octanol–water partition coefficient (Wildman–Crippen LogP) is 4.36. The molecule has 2 nitrogen and oxygen atoms in total. The van der Waals surface area contributed by atoms with Gasteiger partial charge in [-0.25, -0.2) is 0 Å². The van der Waals surface area contributed by atoms with Crippen LogP contribution in [0.4, 0.5) is 17.1 Å². The molecule has 2 aromatic carbocycles. The maximum absolute atomic E-state index is 5.66. The molecule has 94 valence electrons. The van der Waals surface area contributed by atoms with E-state index in [1.165, 1.54) is 24.8 Å². The van der Waals surface area contributed by atoms with Gasteiger partial charge in [-0.2, -0.15) is 0 Å². The van der Waals surface area contributed by atoms with E-state index in [0.717, 1.165) is 17.1 Å². The molecular formula is C16H20N2. The first kappa shape index (κ1) is 12.5. The van der Waals surface area contributed by atoms with E-state index in [-0.39, 0.29) is 0 Å². The second-order valence-corrected chi connectivity index (χ2v) is 4.55. The summed E-state index contributed by atoms with van der Waals surface area (Å²) in [5.74, 6) is 0. The molecule has 0 aliphatic rings. The zero-order valence-corrected chi connectivity index (χ0v) is 10.8. The van der Waals surface area contributed by atoms with Crippen molar-refractivity contribution in [1.82, 2.24) is 0 Å². The Balaban J connectivity index is 1.99. The number of hydrogen-bond acceptors (Lipinski definition) is 2. The summed E-state index contributed by atoms with van der Waals surface area (Å²) in [4.78, 5) is 0. The number of hydrogen-bond donors (Lipinski definition) is 2. The maximum atomic E-state index is 5.66. The van der Waals surface area contributed by atoms with Crippen molar-refractivity contribution < 1.29 is 0 Å². The maximum Gasteiger partial charge on any atom is 0.0385 e. The van der Waals surface area contributed by atoms with E-state index in [1.807, 2.05) is 24.3 Å². The molecule has 0 unspecified atom stereocenters. The summed E-state index contributed by atoms with van der Waals surface area (Å²) in [7, 11) is 0. The first-order valence-electron chi connectivity index (χ1n) is 6.49. The van der Waals surface area contributed by atoms with Gasteiger partial charge in [0.2, 0.25) is 0 Å². The molecule has 0 atom stereocenters. The first-order chi connectivity index (χ1) is 8.78. The van der Waals surface area contributed by atoms with Gasteiger partial charge in [-0.3, -0.25) is 0 Å². The summed E-state index contributed by atoms with van der Waals surface area (Å²) >= 11 is 0. The summed E-state index contributed by atoms with van der Waals surface area (Å²) in [6.07, 6.45) is 3.66. The molecule has 0 aliphatic heterocycles. The molecule has 0 fully saturated rings. The smallest absolute Gasteiger partial charge is 0.0385 e. The van der Waals surface area contributed by atoms with Gasteiger partial charge in [0.15, 0.2) is 0 Å². The van der Waals surface area contributed by atoms with Crippen LogP contribution in [-0.2, 0) is 6.42 Å². The molecular weight excluding hydrogens is 220 g/mol. The molecule has 3 N–H and O–H groups in total. The van der Waals surface area contributed by atoms with Gasteiger partial charge < -0.3 is 11.1 Å². The number of anilines is 3. The van der Waals surface area contributed by atoms with Crippen molar-refractivity contribution in [3.05, 3.63) is 54.1 Å². The lowest BCUT2D eigenvalue weighted by Gasteiger charge is -2.07. The van der Waals surface area contributed by atoms with Crippen LogP contribution in [0.15, 0.2) is 48.5 Å². The Morgan fingerprint density at radius 3 is 2.00 bits per heavy atom. The van der Waals surface area contributed by atoms with Gasteiger partial charge in [0.05, 0.1) is 0 Å². The van der Waals surface area contributed by atoms with E-state index in [2.05, 4.69) is 36.5 Å². The fraction of sp³-hybridized carbons (Fsp3) is 0.250. The van der Waals surface area contributed by atoms with Crippen molar-refractivity contribution in [3.8, 4) is 0 Å². The minimum atomic E-state index is 0.787. The Hall–Kier alpha value is -1.96. The van der Waals surface area contributed by atoms with Gasteiger partial charge in [0.1, 0.15) is 0 Å². The van der Waals surface area contributed by atoms with Crippen molar-refractivity contribution in [2.45, 2.75) is 26.2 Å². The minimum absolute atomic E-state index is 0.787.